The van der Waals surface area contributed by atoms with Crippen molar-refractivity contribution >= 4 is 11.9 Å². The summed E-state index contributed by atoms with van der Waals surface area (Å²) in [6.07, 6.45) is -0.875. The minimum absolute atomic E-state index is 0.0506. The molecule has 0 aliphatic carbocycles. The summed E-state index contributed by atoms with van der Waals surface area (Å²) >= 11 is 0. The first-order chi connectivity index (χ1) is 5.59. The normalized spacial score (nSPS) is 29.3. The predicted octanol–water partition coefficient (Wildman–Crippen LogP) is -1.20. The molecule has 0 saturated carbocycles. The number of aliphatic hydroxyl groups excluding tert-OH is 1. The molecule has 0 bridgehead atoms. The Morgan fingerprint density at radius 2 is 2.42 bits per heavy atom. The number of amides is 1. The zero-order valence-electron chi connectivity index (χ0n) is 6.74. The Morgan fingerprint density at radius 1 is 1.75 bits per heavy atom. The van der Waals surface area contributed by atoms with Gasteiger partial charge in [-0.1, -0.05) is 0 Å². The zero-order chi connectivity index (χ0) is 9.14. The molecule has 12 heavy (non-hydrogen) atoms. The molecule has 2 unspecified atom stereocenters. The molecule has 1 aliphatic heterocycles. The Balaban J connectivity index is 2.45. The van der Waals surface area contributed by atoms with Crippen molar-refractivity contribution in [2.45, 2.75) is 25.5 Å². The summed E-state index contributed by atoms with van der Waals surface area (Å²) in [5.74, 6) is -0.666. The summed E-state index contributed by atoms with van der Waals surface area (Å²) in [4.78, 5) is 21.2. The minimum atomic E-state index is -0.824. The number of carbonyl (C=O) groups is 2. The van der Waals surface area contributed by atoms with Crippen LogP contribution in [0.2, 0.25) is 0 Å². The van der Waals surface area contributed by atoms with Gasteiger partial charge in [-0.05, 0) is 0 Å². The average Bonchev–Trinajstić information content (AvgIpc) is 1.94. The van der Waals surface area contributed by atoms with Crippen molar-refractivity contribution in [2.75, 3.05) is 6.61 Å². The molecule has 0 aromatic rings. The number of ether oxygens (including phenoxy) is 1. The van der Waals surface area contributed by atoms with Crippen LogP contribution in [0.1, 0.15) is 13.3 Å². The largest absolute Gasteiger partial charge is 0.463 e. The lowest BCUT2D eigenvalue weighted by atomic mass is 10.1. The van der Waals surface area contributed by atoms with Crippen molar-refractivity contribution in [1.82, 2.24) is 5.32 Å². The number of hydrogen-bond donors (Lipinski definition) is 2. The fourth-order valence-electron chi connectivity index (χ4n) is 1.06. The highest BCUT2D eigenvalue weighted by Crippen LogP contribution is 2.08. The van der Waals surface area contributed by atoms with Gasteiger partial charge in [0.25, 0.3) is 0 Å². The van der Waals surface area contributed by atoms with Gasteiger partial charge < -0.3 is 15.2 Å². The van der Waals surface area contributed by atoms with E-state index in [4.69, 9.17) is 0 Å². The van der Waals surface area contributed by atoms with Gasteiger partial charge in [0, 0.05) is 6.92 Å². The highest BCUT2D eigenvalue weighted by molar-refractivity contribution is 5.74. The number of hydrogen-bond acceptors (Lipinski definition) is 4. The summed E-state index contributed by atoms with van der Waals surface area (Å²) < 4.78 is 4.65. The van der Waals surface area contributed by atoms with Gasteiger partial charge in [-0.25, -0.2) is 0 Å². The summed E-state index contributed by atoms with van der Waals surface area (Å²) in [5.41, 5.74) is 0. The van der Waals surface area contributed by atoms with E-state index in [-0.39, 0.29) is 18.9 Å². The second-order valence-corrected chi connectivity index (χ2v) is 2.76. The second-order valence-electron chi connectivity index (χ2n) is 2.76. The van der Waals surface area contributed by atoms with Crippen LogP contribution in [0.4, 0.5) is 0 Å². The second kappa shape index (κ2) is 3.53. The van der Waals surface area contributed by atoms with Gasteiger partial charge in [-0.3, -0.25) is 9.59 Å². The lowest BCUT2D eigenvalue weighted by Gasteiger charge is -2.27. The molecule has 68 valence electrons. The molecule has 1 heterocycles. The van der Waals surface area contributed by atoms with E-state index >= 15 is 0 Å². The molecule has 1 fully saturated rings. The Labute approximate surface area is 69.7 Å². The summed E-state index contributed by atoms with van der Waals surface area (Å²) in [6, 6.07) is -0.458. The van der Waals surface area contributed by atoms with Crippen LogP contribution in [-0.2, 0) is 14.3 Å². The van der Waals surface area contributed by atoms with Crippen molar-refractivity contribution in [1.29, 1.82) is 0 Å². The van der Waals surface area contributed by atoms with Crippen LogP contribution in [-0.4, -0.2) is 35.7 Å². The van der Waals surface area contributed by atoms with Gasteiger partial charge in [0.05, 0.1) is 18.6 Å². The Hall–Kier alpha value is -1.10. The fourth-order valence-corrected chi connectivity index (χ4v) is 1.06. The number of carbonyl (C=O) groups excluding carboxylic acids is 2. The lowest BCUT2D eigenvalue weighted by Crippen LogP contribution is -2.50. The van der Waals surface area contributed by atoms with Crippen molar-refractivity contribution in [3.63, 3.8) is 0 Å². The molecule has 0 aromatic heterocycles. The molecule has 1 aliphatic rings. The van der Waals surface area contributed by atoms with Crippen molar-refractivity contribution in [3.05, 3.63) is 0 Å². The maximum atomic E-state index is 10.6. The molecule has 2 atom stereocenters. The molecule has 0 aromatic carbocycles. The van der Waals surface area contributed by atoms with Crippen LogP contribution in [0.5, 0.6) is 0 Å². The van der Waals surface area contributed by atoms with E-state index < -0.39 is 18.1 Å². The van der Waals surface area contributed by atoms with E-state index in [2.05, 4.69) is 10.1 Å². The zero-order valence-corrected chi connectivity index (χ0v) is 6.74. The molecule has 2 N–H and O–H groups in total. The Bertz CT molecular complexity index is 204. The summed E-state index contributed by atoms with van der Waals surface area (Å²) in [5, 5.41) is 11.8. The molecule has 1 saturated heterocycles. The molecular weight excluding hydrogens is 162 g/mol. The highest BCUT2D eigenvalue weighted by Gasteiger charge is 2.29. The van der Waals surface area contributed by atoms with Crippen LogP contribution >= 0.6 is 0 Å². The maximum Gasteiger partial charge on any atom is 0.308 e. The van der Waals surface area contributed by atoms with E-state index in [1.54, 1.807) is 0 Å². The summed E-state index contributed by atoms with van der Waals surface area (Å²) in [6.45, 7) is 1.41. The first kappa shape index (κ1) is 8.99. The molecule has 0 spiro atoms. The summed E-state index contributed by atoms with van der Waals surface area (Å²) in [7, 11) is 0. The van der Waals surface area contributed by atoms with Crippen molar-refractivity contribution < 1.29 is 19.4 Å². The standard InChI is InChI=1S/C7H11NO4/c1-4(9)8-5-3-12-7(11)2-6(5)10/h5-6,10H,2-3H2,1H3,(H,8,9). The highest BCUT2D eigenvalue weighted by atomic mass is 16.5. The lowest BCUT2D eigenvalue weighted by molar-refractivity contribution is -0.155. The number of cyclic esters (lactones) is 1. The third-order valence-electron chi connectivity index (χ3n) is 1.65. The van der Waals surface area contributed by atoms with Gasteiger partial charge in [0.1, 0.15) is 6.61 Å². The molecule has 5 nitrogen and oxygen atoms in total. The van der Waals surface area contributed by atoms with E-state index in [9.17, 15) is 14.7 Å². The monoisotopic (exact) mass is 173 g/mol. The Kier molecular flexibility index (Phi) is 2.65. The van der Waals surface area contributed by atoms with E-state index in [0.717, 1.165) is 0 Å². The SMILES string of the molecule is CC(=O)NC1COC(=O)CC1O. The molecule has 1 amide bonds. The van der Waals surface area contributed by atoms with Gasteiger partial charge in [-0.15, -0.1) is 0 Å². The third-order valence-corrected chi connectivity index (χ3v) is 1.65. The maximum absolute atomic E-state index is 10.6. The van der Waals surface area contributed by atoms with Crippen LogP contribution in [0.3, 0.4) is 0 Å². The molecule has 0 radical (unpaired) electrons. The van der Waals surface area contributed by atoms with Crippen LogP contribution in [0, 0.1) is 0 Å². The van der Waals surface area contributed by atoms with E-state index in [1.165, 1.54) is 6.92 Å². The average molecular weight is 173 g/mol. The number of esters is 1. The van der Waals surface area contributed by atoms with Crippen molar-refractivity contribution in [3.8, 4) is 0 Å². The molecule has 1 rings (SSSR count). The van der Waals surface area contributed by atoms with Gasteiger partial charge in [-0.2, -0.15) is 0 Å². The number of nitrogens with one attached hydrogen (secondary N) is 1. The molecule has 5 heteroatoms. The topological polar surface area (TPSA) is 75.6 Å². The minimum Gasteiger partial charge on any atom is -0.463 e. The van der Waals surface area contributed by atoms with Gasteiger partial charge in [0.15, 0.2) is 0 Å². The fraction of sp³-hybridized carbons (Fsp3) is 0.714. The predicted molar refractivity (Wildman–Crippen MR) is 39.2 cm³/mol. The van der Waals surface area contributed by atoms with Crippen LogP contribution in [0.25, 0.3) is 0 Å². The molecular formula is C7H11NO4. The third kappa shape index (κ3) is 2.20. The first-order valence-electron chi connectivity index (χ1n) is 3.70. The Morgan fingerprint density at radius 3 is 2.92 bits per heavy atom. The number of aliphatic hydroxyl groups is 1. The van der Waals surface area contributed by atoms with Gasteiger partial charge >= 0.3 is 5.97 Å². The van der Waals surface area contributed by atoms with E-state index in [0.29, 0.717) is 0 Å². The smallest absolute Gasteiger partial charge is 0.308 e. The van der Waals surface area contributed by atoms with Crippen molar-refractivity contribution in [2.24, 2.45) is 0 Å². The number of rotatable bonds is 1. The first-order valence-corrected chi connectivity index (χ1v) is 3.70. The van der Waals surface area contributed by atoms with Crippen LogP contribution in [0.15, 0.2) is 0 Å². The van der Waals surface area contributed by atoms with E-state index in [1.807, 2.05) is 0 Å². The van der Waals surface area contributed by atoms with Crippen LogP contribution < -0.4 is 5.32 Å². The van der Waals surface area contributed by atoms with Gasteiger partial charge in [0.2, 0.25) is 5.91 Å². The quantitative estimate of drug-likeness (QED) is 0.488.